The van der Waals surface area contributed by atoms with Crippen molar-refractivity contribution in [3.05, 3.63) is 205 Å². The van der Waals surface area contributed by atoms with Crippen LogP contribution in [0.15, 0.2) is 172 Å². The van der Waals surface area contributed by atoms with Crippen LogP contribution in [0.4, 0.5) is 0 Å². The molecule has 0 atom stereocenters. The van der Waals surface area contributed by atoms with Crippen LogP contribution >= 0.6 is 23.2 Å². The largest absolute Gasteiger partial charge is 0.409 e. The van der Waals surface area contributed by atoms with E-state index < -0.39 is 0 Å². The summed E-state index contributed by atoms with van der Waals surface area (Å²) < 4.78 is 3.84. The number of para-hydroxylation sites is 3. The molecule has 0 aliphatic carbocycles. The van der Waals surface area contributed by atoms with Gasteiger partial charge < -0.3 is 14.5 Å². The molecule has 0 fully saturated rings. The summed E-state index contributed by atoms with van der Waals surface area (Å²) >= 11 is 11.5. The van der Waals surface area contributed by atoms with E-state index in [1.54, 1.807) is 37.3 Å². The second-order valence-corrected chi connectivity index (χ2v) is 15.7. The fraction of sp³-hybridized carbons (Fsp3) is 0.192. The molecule has 66 heavy (non-hydrogen) atoms. The predicted molar refractivity (Wildman–Crippen MR) is 263 cm³/mol. The second-order valence-electron chi connectivity index (χ2n) is 14.9. The van der Waals surface area contributed by atoms with Gasteiger partial charge in [0.15, 0.2) is 11.6 Å². The molecule has 0 saturated heterocycles. The van der Waals surface area contributed by atoms with Crippen molar-refractivity contribution in [2.75, 3.05) is 19.1 Å². The van der Waals surface area contributed by atoms with Gasteiger partial charge in [-0.1, -0.05) is 141 Å². The number of fused-ring (bicyclic) bond motifs is 3. The third-order valence-corrected chi connectivity index (χ3v) is 10.7. The van der Waals surface area contributed by atoms with Crippen molar-refractivity contribution in [1.82, 2.24) is 29.1 Å². The molecule has 0 N–H and O–H groups in total. The highest BCUT2D eigenvalue weighted by atomic mass is 35.5. The van der Waals surface area contributed by atoms with Gasteiger partial charge in [0.05, 0.1) is 32.7 Å². The van der Waals surface area contributed by atoms with Crippen molar-refractivity contribution in [2.24, 2.45) is 0 Å². The number of nitrogens with zero attached hydrogens (tertiary/aromatic N) is 6. The van der Waals surface area contributed by atoms with E-state index in [1.165, 1.54) is 14.2 Å². The zero-order chi connectivity index (χ0) is 46.3. The van der Waals surface area contributed by atoms with Crippen LogP contribution in [0.1, 0.15) is 44.0 Å². The summed E-state index contributed by atoms with van der Waals surface area (Å²) in [5.74, 6) is 2.05. The molecular weight excluding hydrogens is 876 g/mol. The normalized spacial score (nSPS) is 10.8. The highest BCUT2D eigenvalue weighted by Gasteiger charge is 2.15. The Morgan fingerprint density at radius 2 is 0.909 bits per heavy atom. The molecule has 0 unspecified atom stereocenters. The van der Waals surface area contributed by atoms with Gasteiger partial charge in [-0.05, 0) is 73.9 Å². The maximum atomic E-state index is 12.8. The number of rotatable bonds is 14. The van der Waals surface area contributed by atoms with Gasteiger partial charge in [0.1, 0.15) is 25.6 Å². The lowest BCUT2D eigenvalue weighted by molar-refractivity contribution is 0.0831. The van der Waals surface area contributed by atoms with Gasteiger partial charge >= 0.3 is 0 Å². The Labute approximate surface area is 391 Å². The number of alkyl halides is 1. The molecule has 3 aromatic heterocycles. The summed E-state index contributed by atoms with van der Waals surface area (Å²) in [6.07, 6.45) is 3.77. The van der Waals surface area contributed by atoms with E-state index in [9.17, 15) is 14.4 Å². The SMILES string of the molecule is CCCCCOn1c(-c2ccccc2)nc2ccccc2c1=O.Cc1nc2ccccc2c(=O)n1OCc1ccc(Cl)cc1.O=c1c2ccccc2nc(-c2ccccc2)n1OCCCCl. The molecule has 9 aromatic rings. The summed E-state index contributed by atoms with van der Waals surface area (Å²) in [6.45, 7) is 5.03. The summed E-state index contributed by atoms with van der Waals surface area (Å²) in [4.78, 5) is 68.5. The molecule has 9 rings (SSSR count). The van der Waals surface area contributed by atoms with Crippen molar-refractivity contribution in [3.63, 3.8) is 0 Å². The van der Waals surface area contributed by atoms with E-state index in [-0.39, 0.29) is 23.3 Å². The van der Waals surface area contributed by atoms with Crippen LogP contribution in [0.3, 0.4) is 0 Å². The smallest absolute Gasteiger partial charge is 0.294 e. The Morgan fingerprint density at radius 3 is 1.38 bits per heavy atom. The maximum absolute atomic E-state index is 12.8. The Bertz CT molecular complexity index is 3200. The van der Waals surface area contributed by atoms with E-state index in [2.05, 4.69) is 21.9 Å². The minimum atomic E-state index is -0.209. The topological polar surface area (TPSA) is 132 Å². The lowest BCUT2D eigenvalue weighted by Gasteiger charge is -2.14. The first kappa shape index (κ1) is 46.7. The molecule has 12 nitrogen and oxygen atoms in total. The number of halogens is 2. The lowest BCUT2D eigenvalue weighted by Crippen LogP contribution is -2.30. The Morgan fingerprint density at radius 1 is 0.485 bits per heavy atom. The van der Waals surface area contributed by atoms with Gasteiger partial charge in [0.2, 0.25) is 0 Å². The summed E-state index contributed by atoms with van der Waals surface area (Å²) in [5, 5.41) is 2.31. The number of hydrogen-bond acceptors (Lipinski definition) is 9. The van der Waals surface area contributed by atoms with Crippen molar-refractivity contribution < 1.29 is 14.5 Å². The van der Waals surface area contributed by atoms with E-state index in [0.29, 0.717) is 80.7 Å². The van der Waals surface area contributed by atoms with Crippen molar-refractivity contribution in [1.29, 1.82) is 0 Å². The Hall–Kier alpha value is -7.28. The van der Waals surface area contributed by atoms with Gasteiger partial charge in [-0.2, -0.15) is 0 Å². The molecular formula is C52H48Cl2N6O6. The monoisotopic (exact) mass is 922 g/mol. The van der Waals surface area contributed by atoms with E-state index >= 15 is 0 Å². The number of benzene rings is 6. The summed E-state index contributed by atoms with van der Waals surface area (Å²) in [6, 6.07) is 48.3. The van der Waals surface area contributed by atoms with E-state index in [1.807, 2.05) is 127 Å². The van der Waals surface area contributed by atoms with Gasteiger partial charge in [0.25, 0.3) is 16.7 Å². The molecule has 0 aliphatic heterocycles. The number of aromatic nitrogens is 6. The number of hydrogen-bond donors (Lipinski definition) is 0. The third kappa shape index (κ3) is 11.5. The Kier molecular flexibility index (Phi) is 16.3. The summed E-state index contributed by atoms with van der Waals surface area (Å²) in [5.41, 5.74) is 4.07. The molecule has 14 heteroatoms. The molecule has 0 bridgehead atoms. The first-order valence-corrected chi connectivity index (χ1v) is 22.5. The minimum absolute atomic E-state index is 0.161. The molecule has 0 saturated carbocycles. The van der Waals surface area contributed by atoms with Crippen LogP contribution in [-0.2, 0) is 6.61 Å². The van der Waals surface area contributed by atoms with Crippen LogP contribution in [-0.4, -0.2) is 48.2 Å². The average Bonchev–Trinajstić information content (AvgIpc) is 3.35. The summed E-state index contributed by atoms with van der Waals surface area (Å²) in [7, 11) is 0. The highest BCUT2D eigenvalue weighted by Crippen LogP contribution is 2.20. The first-order chi connectivity index (χ1) is 32.3. The minimum Gasteiger partial charge on any atom is -0.409 e. The zero-order valence-corrected chi connectivity index (χ0v) is 38.1. The fourth-order valence-electron chi connectivity index (χ4n) is 6.83. The van der Waals surface area contributed by atoms with Crippen LogP contribution < -0.4 is 31.2 Å². The van der Waals surface area contributed by atoms with Crippen LogP contribution in [0, 0.1) is 6.92 Å². The van der Waals surface area contributed by atoms with Crippen LogP contribution in [0.5, 0.6) is 0 Å². The standard InChI is InChI=1S/C19H20N2O2.C17H15ClN2O2.C16H13ClN2O2/c1-2-3-9-14-23-21-18(15-10-5-4-6-11-15)20-17-13-8-7-12-16(17)19(21)22;18-11-6-12-22-20-16(13-7-2-1-3-8-13)19-15-10-5-4-9-14(15)17(20)21;1-11-18-15-5-3-2-4-14(15)16(20)19(11)21-10-12-6-8-13(17)9-7-12/h4-8,10-13H,2-3,9,14H2,1H3;1-5,7-10H,6,11-12H2;2-9H,10H2,1H3. The molecule has 0 spiro atoms. The van der Waals surface area contributed by atoms with Crippen LogP contribution in [0.25, 0.3) is 55.5 Å². The molecule has 0 amide bonds. The quantitative estimate of drug-likeness (QED) is 0.0773. The molecule has 3 heterocycles. The first-order valence-electron chi connectivity index (χ1n) is 21.6. The molecule has 0 radical (unpaired) electrons. The highest BCUT2D eigenvalue weighted by molar-refractivity contribution is 6.30. The average molecular weight is 924 g/mol. The molecule has 336 valence electrons. The van der Waals surface area contributed by atoms with Gasteiger partial charge in [0, 0.05) is 22.0 Å². The van der Waals surface area contributed by atoms with Crippen LogP contribution in [0.2, 0.25) is 5.02 Å². The van der Waals surface area contributed by atoms with Crippen molar-refractivity contribution >= 4 is 55.9 Å². The van der Waals surface area contributed by atoms with Gasteiger partial charge in [-0.3, -0.25) is 14.4 Å². The number of unbranched alkanes of at least 4 members (excludes halogenated alkanes) is 2. The van der Waals surface area contributed by atoms with E-state index in [4.69, 9.17) is 37.7 Å². The molecule has 6 aromatic carbocycles. The van der Waals surface area contributed by atoms with Crippen molar-refractivity contribution in [2.45, 2.75) is 46.1 Å². The Balaban J connectivity index is 0.000000147. The third-order valence-electron chi connectivity index (χ3n) is 10.2. The van der Waals surface area contributed by atoms with Gasteiger partial charge in [-0.15, -0.1) is 25.8 Å². The maximum Gasteiger partial charge on any atom is 0.294 e. The molecule has 0 aliphatic rings. The lowest BCUT2D eigenvalue weighted by atomic mass is 10.2. The second kappa shape index (κ2) is 23.1. The predicted octanol–water partition coefficient (Wildman–Crippen LogP) is 9.79. The fourth-order valence-corrected chi connectivity index (χ4v) is 7.06. The van der Waals surface area contributed by atoms with Crippen molar-refractivity contribution in [3.8, 4) is 22.8 Å². The number of aryl methyl sites for hydroxylation is 1. The van der Waals surface area contributed by atoms with E-state index in [0.717, 1.165) is 36.0 Å². The van der Waals surface area contributed by atoms with Gasteiger partial charge in [-0.25, -0.2) is 15.0 Å². The zero-order valence-electron chi connectivity index (χ0n) is 36.6.